The fraction of sp³-hybridized carbons (Fsp3) is 0.333. The van der Waals surface area contributed by atoms with E-state index in [-0.39, 0.29) is 24.1 Å². The van der Waals surface area contributed by atoms with E-state index in [0.29, 0.717) is 11.5 Å². The van der Waals surface area contributed by atoms with Crippen LogP contribution in [0.4, 0.5) is 0 Å². The van der Waals surface area contributed by atoms with E-state index >= 15 is 0 Å². The van der Waals surface area contributed by atoms with Crippen LogP contribution >= 0.6 is 0 Å². The monoisotopic (exact) mass is 371 g/mol. The van der Waals surface area contributed by atoms with Crippen molar-refractivity contribution in [3.63, 3.8) is 0 Å². The number of ether oxygens (including phenoxy) is 3. The van der Waals surface area contributed by atoms with E-state index in [2.05, 4.69) is 17.4 Å². The summed E-state index contributed by atoms with van der Waals surface area (Å²) >= 11 is 0. The van der Waals surface area contributed by atoms with Crippen LogP contribution in [0.25, 0.3) is 0 Å². The molecule has 2 aromatic rings. The number of hydrogen-bond acceptors (Lipinski definition) is 5. The van der Waals surface area contributed by atoms with Gasteiger partial charge in [0.05, 0.1) is 19.8 Å². The van der Waals surface area contributed by atoms with Gasteiger partial charge >= 0.3 is 5.97 Å². The predicted octanol–water partition coefficient (Wildman–Crippen LogP) is 3.00. The SMILES string of the molecule is COc1cc(OC)cc(C(=O)OCC(=O)N[C@H](C)CCc2ccccc2)c1. The molecule has 2 aromatic carbocycles. The second kappa shape index (κ2) is 10.2. The van der Waals surface area contributed by atoms with Crippen LogP contribution in [-0.4, -0.2) is 38.7 Å². The van der Waals surface area contributed by atoms with Gasteiger partial charge in [0, 0.05) is 12.1 Å². The van der Waals surface area contributed by atoms with Crippen LogP contribution in [-0.2, 0) is 16.0 Å². The zero-order valence-electron chi connectivity index (χ0n) is 15.9. The summed E-state index contributed by atoms with van der Waals surface area (Å²) < 4.78 is 15.3. The van der Waals surface area contributed by atoms with Crippen molar-refractivity contribution in [1.29, 1.82) is 0 Å². The lowest BCUT2D eigenvalue weighted by molar-refractivity contribution is -0.124. The Balaban J connectivity index is 1.80. The molecule has 0 aromatic heterocycles. The molecular formula is C21H25NO5. The number of nitrogens with one attached hydrogen (secondary N) is 1. The van der Waals surface area contributed by atoms with Gasteiger partial charge in [0.25, 0.3) is 5.91 Å². The third-order valence-corrected chi connectivity index (χ3v) is 4.04. The Morgan fingerprint density at radius 2 is 1.63 bits per heavy atom. The first kappa shape index (κ1) is 20.3. The predicted molar refractivity (Wildman–Crippen MR) is 102 cm³/mol. The first-order valence-electron chi connectivity index (χ1n) is 8.75. The topological polar surface area (TPSA) is 73.9 Å². The van der Waals surface area contributed by atoms with Crippen molar-refractivity contribution in [2.24, 2.45) is 0 Å². The molecule has 1 atom stereocenters. The van der Waals surface area contributed by atoms with Crippen LogP contribution < -0.4 is 14.8 Å². The average molecular weight is 371 g/mol. The molecule has 1 amide bonds. The number of amides is 1. The van der Waals surface area contributed by atoms with E-state index in [9.17, 15) is 9.59 Å². The molecule has 0 heterocycles. The van der Waals surface area contributed by atoms with Gasteiger partial charge in [-0.15, -0.1) is 0 Å². The molecule has 6 heteroatoms. The third kappa shape index (κ3) is 6.66. The van der Waals surface area contributed by atoms with Gasteiger partial charge in [0.2, 0.25) is 0 Å². The highest BCUT2D eigenvalue weighted by atomic mass is 16.5. The summed E-state index contributed by atoms with van der Waals surface area (Å²) in [5, 5.41) is 2.84. The minimum atomic E-state index is -0.612. The summed E-state index contributed by atoms with van der Waals surface area (Å²) in [5.41, 5.74) is 1.48. The minimum absolute atomic E-state index is 0.0201. The zero-order chi connectivity index (χ0) is 19.6. The number of methoxy groups -OCH3 is 2. The normalized spacial score (nSPS) is 11.4. The summed E-state index contributed by atoms with van der Waals surface area (Å²) in [7, 11) is 2.99. The maximum atomic E-state index is 12.2. The Morgan fingerprint density at radius 3 is 2.22 bits per heavy atom. The first-order valence-corrected chi connectivity index (χ1v) is 8.75. The molecule has 0 unspecified atom stereocenters. The number of hydrogen-bond donors (Lipinski definition) is 1. The van der Waals surface area contributed by atoms with E-state index in [1.165, 1.54) is 31.9 Å². The van der Waals surface area contributed by atoms with Crippen LogP contribution in [0.15, 0.2) is 48.5 Å². The molecule has 0 aliphatic carbocycles. The molecule has 0 saturated heterocycles. The molecule has 0 bridgehead atoms. The Bertz CT molecular complexity index is 738. The van der Waals surface area contributed by atoms with Gasteiger partial charge in [-0.1, -0.05) is 30.3 Å². The van der Waals surface area contributed by atoms with Crippen molar-refractivity contribution >= 4 is 11.9 Å². The van der Waals surface area contributed by atoms with Gasteiger partial charge < -0.3 is 19.5 Å². The van der Waals surface area contributed by atoms with Crippen LogP contribution in [0.3, 0.4) is 0 Å². The number of carbonyl (C=O) groups excluding carboxylic acids is 2. The van der Waals surface area contributed by atoms with E-state index in [4.69, 9.17) is 14.2 Å². The van der Waals surface area contributed by atoms with E-state index < -0.39 is 5.97 Å². The molecule has 0 saturated carbocycles. The maximum absolute atomic E-state index is 12.2. The van der Waals surface area contributed by atoms with Crippen molar-refractivity contribution in [3.05, 3.63) is 59.7 Å². The smallest absolute Gasteiger partial charge is 0.338 e. The summed E-state index contributed by atoms with van der Waals surface area (Å²) in [6, 6.07) is 14.8. The highest BCUT2D eigenvalue weighted by molar-refractivity contribution is 5.92. The molecule has 0 fully saturated rings. The summed E-state index contributed by atoms with van der Waals surface area (Å²) in [5.74, 6) is -0.00127. The molecule has 0 radical (unpaired) electrons. The van der Waals surface area contributed by atoms with E-state index in [1.807, 2.05) is 25.1 Å². The lowest BCUT2D eigenvalue weighted by atomic mass is 10.1. The highest BCUT2D eigenvalue weighted by Gasteiger charge is 2.14. The molecular weight excluding hydrogens is 346 g/mol. The Labute approximate surface area is 159 Å². The van der Waals surface area contributed by atoms with Crippen LogP contribution in [0.1, 0.15) is 29.3 Å². The molecule has 1 N–H and O–H groups in total. The fourth-order valence-corrected chi connectivity index (χ4v) is 2.56. The molecule has 2 rings (SSSR count). The number of benzene rings is 2. The molecule has 6 nitrogen and oxygen atoms in total. The Kier molecular flexibility index (Phi) is 7.67. The molecule has 0 aliphatic heterocycles. The van der Waals surface area contributed by atoms with Gasteiger partial charge in [-0.25, -0.2) is 4.79 Å². The fourth-order valence-electron chi connectivity index (χ4n) is 2.56. The van der Waals surface area contributed by atoms with Crippen molar-refractivity contribution in [1.82, 2.24) is 5.32 Å². The van der Waals surface area contributed by atoms with Gasteiger partial charge in [-0.3, -0.25) is 4.79 Å². The molecule has 0 spiro atoms. The van der Waals surface area contributed by atoms with E-state index in [1.54, 1.807) is 6.07 Å². The largest absolute Gasteiger partial charge is 0.497 e. The van der Waals surface area contributed by atoms with Crippen molar-refractivity contribution in [2.45, 2.75) is 25.8 Å². The summed E-state index contributed by atoms with van der Waals surface area (Å²) in [6.45, 7) is 1.59. The first-order chi connectivity index (χ1) is 13.0. The number of carbonyl (C=O) groups is 2. The van der Waals surface area contributed by atoms with Crippen LogP contribution in [0.2, 0.25) is 0 Å². The quantitative estimate of drug-likeness (QED) is 0.686. The molecule has 144 valence electrons. The molecule has 27 heavy (non-hydrogen) atoms. The van der Waals surface area contributed by atoms with Crippen molar-refractivity contribution in [3.8, 4) is 11.5 Å². The van der Waals surface area contributed by atoms with Gasteiger partial charge in [0.1, 0.15) is 11.5 Å². The molecule has 0 aliphatic rings. The van der Waals surface area contributed by atoms with E-state index in [0.717, 1.165) is 12.8 Å². The standard InChI is InChI=1S/C21H25NO5/c1-15(9-10-16-7-5-4-6-8-16)22-20(23)14-27-21(24)17-11-18(25-2)13-19(12-17)26-3/h4-8,11-13,15H,9-10,14H2,1-3H3,(H,22,23)/t15-/m1/s1. The lowest BCUT2D eigenvalue weighted by Gasteiger charge is -2.14. The minimum Gasteiger partial charge on any atom is -0.497 e. The lowest BCUT2D eigenvalue weighted by Crippen LogP contribution is -2.36. The maximum Gasteiger partial charge on any atom is 0.338 e. The van der Waals surface area contributed by atoms with Gasteiger partial charge in [-0.05, 0) is 37.5 Å². The number of aryl methyl sites for hydroxylation is 1. The second-order valence-electron chi connectivity index (χ2n) is 6.17. The Hall–Kier alpha value is -3.02. The number of rotatable bonds is 9. The highest BCUT2D eigenvalue weighted by Crippen LogP contribution is 2.22. The zero-order valence-corrected chi connectivity index (χ0v) is 15.9. The van der Waals surface area contributed by atoms with Crippen molar-refractivity contribution < 1.29 is 23.8 Å². The van der Waals surface area contributed by atoms with Gasteiger partial charge in [0.15, 0.2) is 6.61 Å². The van der Waals surface area contributed by atoms with Crippen molar-refractivity contribution in [2.75, 3.05) is 20.8 Å². The van der Waals surface area contributed by atoms with Gasteiger partial charge in [-0.2, -0.15) is 0 Å². The third-order valence-electron chi connectivity index (χ3n) is 4.04. The Morgan fingerprint density at radius 1 is 1.00 bits per heavy atom. The summed E-state index contributed by atoms with van der Waals surface area (Å²) in [6.07, 6.45) is 1.67. The average Bonchev–Trinajstić information content (AvgIpc) is 2.70. The number of esters is 1. The van der Waals surface area contributed by atoms with Crippen LogP contribution in [0.5, 0.6) is 11.5 Å². The van der Waals surface area contributed by atoms with Crippen LogP contribution in [0, 0.1) is 0 Å². The second-order valence-corrected chi connectivity index (χ2v) is 6.17. The summed E-state index contributed by atoms with van der Waals surface area (Å²) in [4.78, 5) is 24.2.